The fraction of sp³-hybridized carbons (Fsp3) is 0.286. The maximum Gasteiger partial charge on any atom is 0.0451 e. The second-order valence-corrected chi connectivity index (χ2v) is 3.60. The molecule has 0 aliphatic carbocycles. The van der Waals surface area contributed by atoms with Gasteiger partial charge in [0.15, 0.2) is 0 Å². The largest absolute Gasteiger partial charge is 0.324 e. The molecule has 1 heterocycles. The molecule has 0 unspecified atom stereocenters. The fourth-order valence-corrected chi connectivity index (χ4v) is 1.30. The van der Waals surface area contributed by atoms with Gasteiger partial charge in [-0.1, -0.05) is 38.8 Å². The Morgan fingerprint density at radius 1 is 1.06 bits per heavy atom. The van der Waals surface area contributed by atoms with Crippen LogP contribution in [0.3, 0.4) is 0 Å². The highest BCUT2D eigenvalue weighted by molar-refractivity contribution is 7.78. The maximum atomic E-state index is 3.54. The first-order valence-electron chi connectivity index (χ1n) is 5.78. The van der Waals surface area contributed by atoms with Crippen LogP contribution in [0.25, 0.3) is 5.69 Å². The fourth-order valence-electron chi connectivity index (χ4n) is 1.30. The standard InChI is InChI=1S/C11H11N.C2H6.CH5NS/c1-10-5-4-6-11(9-10)12-7-2-3-8-12;1-2;1-2-3/h2-9H,1H3;1-2H3;2-3H,1H3. The van der Waals surface area contributed by atoms with Crippen LogP contribution in [0.4, 0.5) is 0 Å². The molecule has 0 saturated carbocycles. The molecule has 3 heteroatoms. The van der Waals surface area contributed by atoms with E-state index in [0.717, 1.165) is 0 Å². The van der Waals surface area contributed by atoms with E-state index in [1.54, 1.807) is 7.05 Å². The quantitative estimate of drug-likeness (QED) is 0.735. The predicted octanol–water partition coefficient (Wildman–Crippen LogP) is 3.86. The van der Waals surface area contributed by atoms with E-state index in [1.807, 2.05) is 26.0 Å². The Labute approximate surface area is 110 Å². The lowest BCUT2D eigenvalue weighted by molar-refractivity contribution is 1.08. The van der Waals surface area contributed by atoms with Gasteiger partial charge in [0, 0.05) is 18.1 Å². The Kier molecular flexibility index (Phi) is 9.30. The van der Waals surface area contributed by atoms with Crippen molar-refractivity contribution < 1.29 is 0 Å². The van der Waals surface area contributed by atoms with Gasteiger partial charge in [-0.15, -0.1) is 0 Å². The molecule has 1 N–H and O–H groups in total. The molecule has 0 atom stereocenters. The number of aryl methyl sites for hydroxylation is 1. The van der Waals surface area contributed by atoms with E-state index >= 15 is 0 Å². The van der Waals surface area contributed by atoms with Gasteiger partial charge >= 0.3 is 0 Å². The van der Waals surface area contributed by atoms with E-state index in [2.05, 4.69) is 65.7 Å². The Morgan fingerprint density at radius 2 is 1.59 bits per heavy atom. The van der Waals surface area contributed by atoms with Gasteiger partial charge in [0.1, 0.15) is 0 Å². The summed E-state index contributed by atoms with van der Waals surface area (Å²) in [5.74, 6) is 0. The minimum atomic E-state index is 1.22. The van der Waals surface area contributed by atoms with Crippen molar-refractivity contribution in [2.45, 2.75) is 20.8 Å². The first-order valence-corrected chi connectivity index (χ1v) is 6.23. The van der Waals surface area contributed by atoms with Gasteiger partial charge in [0.2, 0.25) is 0 Å². The van der Waals surface area contributed by atoms with Crippen LogP contribution in [0, 0.1) is 6.92 Å². The van der Waals surface area contributed by atoms with Crippen molar-refractivity contribution in [2.75, 3.05) is 7.05 Å². The van der Waals surface area contributed by atoms with Crippen LogP contribution >= 0.6 is 12.8 Å². The predicted molar refractivity (Wildman–Crippen MR) is 79.9 cm³/mol. The number of rotatable bonds is 1. The summed E-state index contributed by atoms with van der Waals surface area (Å²) in [6.45, 7) is 6.10. The second kappa shape index (κ2) is 10.00. The smallest absolute Gasteiger partial charge is 0.0451 e. The summed E-state index contributed by atoms with van der Waals surface area (Å²) in [5.41, 5.74) is 2.52. The van der Waals surface area contributed by atoms with E-state index in [1.165, 1.54) is 11.3 Å². The lowest BCUT2D eigenvalue weighted by Crippen LogP contribution is -1.88. The van der Waals surface area contributed by atoms with Crippen molar-refractivity contribution in [3.8, 4) is 5.69 Å². The average Bonchev–Trinajstić information content (AvgIpc) is 2.86. The Morgan fingerprint density at radius 3 is 2.06 bits per heavy atom. The van der Waals surface area contributed by atoms with E-state index in [-0.39, 0.29) is 0 Å². The SMILES string of the molecule is CC.CNS.Cc1cccc(-n2cccc2)c1. The van der Waals surface area contributed by atoms with E-state index in [4.69, 9.17) is 0 Å². The number of nitrogens with one attached hydrogen (secondary N) is 1. The maximum absolute atomic E-state index is 3.54. The molecule has 17 heavy (non-hydrogen) atoms. The van der Waals surface area contributed by atoms with Crippen LogP contribution in [-0.4, -0.2) is 11.6 Å². The lowest BCUT2D eigenvalue weighted by atomic mass is 10.2. The van der Waals surface area contributed by atoms with Crippen LogP contribution in [0.2, 0.25) is 0 Å². The summed E-state index contributed by atoms with van der Waals surface area (Å²) in [6.07, 6.45) is 4.10. The summed E-state index contributed by atoms with van der Waals surface area (Å²) >= 11 is 3.54. The van der Waals surface area contributed by atoms with Crippen molar-refractivity contribution in [2.24, 2.45) is 0 Å². The van der Waals surface area contributed by atoms with Crippen molar-refractivity contribution in [1.82, 2.24) is 9.29 Å². The van der Waals surface area contributed by atoms with Crippen LogP contribution in [-0.2, 0) is 0 Å². The Balaban J connectivity index is 0.000000450. The first-order chi connectivity index (χ1) is 8.27. The molecule has 0 fully saturated rings. The van der Waals surface area contributed by atoms with Crippen LogP contribution in [0.15, 0.2) is 48.8 Å². The minimum absolute atomic E-state index is 1.22. The number of nitrogens with zero attached hydrogens (tertiary/aromatic N) is 1. The second-order valence-electron chi connectivity index (χ2n) is 3.15. The highest BCUT2D eigenvalue weighted by atomic mass is 32.1. The third-order valence-corrected chi connectivity index (χ3v) is 1.90. The lowest BCUT2D eigenvalue weighted by Gasteiger charge is -2.02. The van der Waals surface area contributed by atoms with Gasteiger partial charge in [-0.05, 0) is 43.8 Å². The van der Waals surface area contributed by atoms with Crippen molar-refractivity contribution in [3.05, 3.63) is 54.4 Å². The zero-order chi connectivity index (χ0) is 13.1. The zero-order valence-corrected chi connectivity index (χ0v) is 11.9. The number of aromatic nitrogens is 1. The normalized spacial score (nSPS) is 8.53. The summed E-state index contributed by atoms with van der Waals surface area (Å²) in [4.78, 5) is 0. The van der Waals surface area contributed by atoms with Crippen molar-refractivity contribution >= 4 is 12.8 Å². The van der Waals surface area contributed by atoms with E-state index in [0.29, 0.717) is 0 Å². The monoisotopic (exact) mass is 250 g/mol. The number of hydrogen-bond donors (Lipinski definition) is 2. The topological polar surface area (TPSA) is 17.0 Å². The molecular formula is C14H22N2S. The molecule has 0 bridgehead atoms. The van der Waals surface area contributed by atoms with Gasteiger partial charge < -0.3 is 4.57 Å². The van der Waals surface area contributed by atoms with Gasteiger partial charge in [-0.2, -0.15) is 0 Å². The molecule has 0 amide bonds. The molecule has 1 aromatic carbocycles. The van der Waals surface area contributed by atoms with Crippen molar-refractivity contribution in [1.29, 1.82) is 0 Å². The highest BCUT2D eigenvalue weighted by Crippen LogP contribution is 2.09. The number of benzene rings is 1. The Hall–Kier alpha value is -1.19. The third kappa shape index (κ3) is 6.19. The van der Waals surface area contributed by atoms with Crippen LogP contribution < -0.4 is 4.72 Å². The molecule has 94 valence electrons. The molecular weight excluding hydrogens is 228 g/mol. The van der Waals surface area contributed by atoms with Gasteiger partial charge in [0.05, 0.1) is 0 Å². The molecule has 0 spiro atoms. The summed E-state index contributed by atoms with van der Waals surface area (Å²) in [7, 11) is 1.74. The van der Waals surface area contributed by atoms with Crippen LogP contribution in [0.5, 0.6) is 0 Å². The molecule has 0 saturated heterocycles. The van der Waals surface area contributed by atoms with E-state index < -0.39 is 0 Å². The molecule has 1 aromatic heterocycles. The zero-order valence-electron chi connectivity index (χ0n) is 11.0. The van der Waals surface area contributed by atoms with Crippen molar-refractivity contribution in [3.63, 3.8) is 0 Å². The average molecular weight is 250 g/mol. The number of thiol groups is 1. The summed E-state index contributed by atoms with van der Waals surface area (Å²) < 4.78 is 4.55. The third-order valence-electron chi connectivity index (χ3n) is 1.90. The molecule has 0 aliphatic heterocycles. The highest BCUT2D eigenvalue weighted by Gasteiger charge is 1.92. The van der Waals surface area contributed by atoms with Crippen LogP contribution in [0.1, 0.15) is 19.4 Å². The number of hydrogen-bond acceptors (Lipinski definition) is 2. The molecule has 0 radical (unpaired) electrons. The van der Waals surface area contributed by atoms with E-state index in [9.17, 15) is 0 Å². The summed E-state index contributed by atoms with van der Waals surface area (Å²) in [5, 5.41) is 0. The molecule has 2 aromatic rings. The van der Waals surface area contributed by atoms with Gasteiger partial charge in [0.25, 0.3) is 0 Å². The molecule has 0 aliphatic rings. The van der Waals surface area contributed by atoms with Gasteiger partial charge in [-0.3, -0.25) is 4.72 Å². The van der Waals surface area contributed by atoms with Gasteiger partial charge in [-0.25, -0.2) is 0 Å². The summed E-state index contributed by atoms with van der Waals surface area (Å²) in [6, 6.07) is 12.5. The molecule has 2 nitrogen and oxygen atoms in total. The molecule has 2 rings (SSSR count). The Bertz CT molecular complexity index is 383. The minimum Gasteiger partial charge on any atom is -0.324 e. The first kappa shape index (κ1) is 15.8.